The van der Waals surface area contributed by atoms with Gasteiger partial charge in [-0.25, -0.2) is 0 Å². The molecule has 1 aliphatic carbocycles. The minimum Gasteiger partial charge on any atom is -0.456 e. The summed E-state index contributed by atoms with van der Waals surface area (Å²) in [5.41, 5.74) is 8.13. The van der Waals surface area contributed by atoms with E-state index < -0.39 is 20.2 Å². The molecular weight excluding hydrogens is 857 g/mol. The van der Waals surface area contributed by atoms with Gasteiger partial charge in [0.15, 0.2) is 5.88 Å². The molecule has 62 heavy (non-hydrogen) atoms. The lowest BCUT2D eigenvalue weighted by atomic mass is 9.93. The van der Waals surface area contributed by atoms with Crippen LogP contribution in [0.15, 0.2) is 176 Å². The van der Waals surface area contributed by atoms with Crippen molar-refractivity contribution in [2.75, 3.05) is 16.7 Å². The lowest BCUT2D eigenvalue weighted by molar-refractivity contribution is 0.481. The van der Waals surface area contributed by atoms with Gasteiger partial charge in [-0.15, -0.1) is 11.8 Å². The van der Waals surface area contributed by atoms with Crippen molar-refractivity contribution in [1.82, 2.24) is 4.58 Å². The molecule has 2 N–H and O–H groups in total. The normalized spacial score (nSPS) is 12.5. The Kier molecular flexibility index (Phi) is 12.2. The Bertz CT molecular complexity index is 3200. The molecule has 0 amide bonds. The molecule has 6 aromatic rings. The number of hydrogen-bond acceptors (Lipinski definition) is 8. The summed E-state index contributed by atoms with van der Waals surface area (Å²) in [7, 11) is -9.11. The summed E-state index contributed by atoms with van der Waals surface area (Å²) in [6.07, 6.45) is 0. The molecule has 0 unspecified atom stereocenters. The van der Waals surface area contributed by atoms with E-state index in [1.165, 1.54) is 18.2 Å². The van der Waals surface area contributed by atoms with Gasteiger partial charge in [0.1, 0.15) is 16.2 Å². The van der Waals surface area contributed by atoms with E-state index >= 15 is 0 Å². The number of rotatable bonds is 12. The summed E-state index contributed by atoms with van der Waals surface area (Å²) in [6, 6.07) is 47.3. The van der Waals surface area contributed by atoms with Crippen molar-refractivity contribution >= 4 is 71.8 Å². The molecule has 9 nitrogen and oxygen atoms in total. The third kappa shape index (κ3) is 8.96. The fourth-order valence-electron chi connectivity index (χ4n) is 7.96. The standard InChI is InChI=1S/C49H42N2O7S4/c1-32-14-13-15-33(2)48(32)50(30-59-38-16-7-5-8-17-38)36-22-24-41-44(28-36)58-45-29-37(23-25-42(45)47(41)43-20-11-12-21-46(43)62(55,56)57)51(31-60-39-18-9-6-10-19-39)49-34(3)26-40(27-35(49)4)61(52,53)54/h5-29H,30-31H2,1-4H3,(H-,52,53,54,55,56,57)/p+1. The molecular formula is C49H43N2O7S4+. The SMILES string of the molecule is Cc1cccc(C)c1N(CSc1ccccc1)c1ccc2c(-c3ccccc3S(=O)(=O)O)c3cc/c(=[N+](/CSc4ccccc4)c4c(C)cc(S(=O)(=O)O)cc4C)cc-3oc2c1. The number of nitrogens with zero attached hydrogens (tertiary/aromatic N) is 2. The van der Waals surface area contributed by atoms with Crippen LogP contribution in [0.2, 0.25) is 0 Å². The zero-order valence-corrected chi connectivity index (χ0v) is 37.6. The number of benzene rings is 7. The molecule has 0 spiro atoms. The van der Waals surface area contributed by atoms with Crippen LogP contribution in [0, 0.1) is 27.7 Å². The van der Waals surface area contributed by atoms with Crippen molar-refractivity contribution in [2.24, 2.45) is 0 Å². The third-order valence-corrected chi connectivity index (χ3v) is 14.4. The minimum absolute atomic E-state index is 0.193. The van der Waals surface area contributed by atoms with Gasteiger partial charge in [-0.1, -0.05) is 84.6 Å². The summed E-state index contributed by atoms with van der Waals surface area (Å²) >= 11 is 3.30. The average molecular weight is 900 g/mol. The minimum atomic E-state index is -4.65. The van der Waals surface area contributed by atoms with Gasteiger partial charge in [0.05, 0.1) is 16.8 Å². The Hall–Kier alpha value is -5.67. The van der Waals surface area contributed by atoms with Gasteiger partial charge in [0.25, 0.3) is 20.2 Å². The van der Waals surface area contributed by atoms with Gasteiger partial charge in [0, 0.05) is 66.5 Å². The molecule has 0 atom stereocenters. The Labute approximate surface area is 370 Å². The van der Waals surface area contributed by atoms with Crippen LogP contribution in [0.3, 0.4) is 0 Å². The molecule has 0 fully saturated rings. The molecule has 0 saturated carbocycles. The van der Waals surface area contributed by atoms with Gasteiger partial charge in [-0.05, 0) is 99.5 Å². The van der Waals surface area contributed by atoms with Crippen LogP contribution in [-0.2, 0) is 20.2 Å². The van der Waals surface area contributed by atoms with Crippen molar-refractivity contribution in [1.29, 1.82) is 0 Å². The molecule has 2 aliphatic rings. The molecule has 1 aliphatic heterocycles. The van der Waals surface area contributed by atoms with Crippen molar-refractivity contribution in [3.8, 4) is 22.5 Å². The number of thioether (sulfide) groups is 2. The predicted molar refractivity (Wildman–Crippen MR) is 251 cm³/mol. The largest absolute Gasteiger partial charge is 0.456 e. The average Bonchev–Trinajstić information content (AvgIpc) is 3.24. The van der Waals surface area contributed by atoms with E-state index in [2.05, 4.69) is 47.6 Å². The Balaban J connectivity index is 1.41. The fraction of sp³-hybridized carbons (Fsp3) is 0.122. The van der Waals surface area contributed by atoms with Crippen molar-refractivity contribution in [3.63, 3.8) is 0 Å². The second-order valence-corrected chi connectivity index (χ2v) is 19.8. The van der Waals surface area contributed by atoms with E-state index in [1.54, 1.807) is 55.6 Å². The van der Waals surface area contributed by atoms with Crippen LogP contribution in [-0.4, -0.2) is 37.7 Å². The summed E-state index contributed by atoms with van der Waals surface area (Å²) in [5.74, 6) is 1.45. The molecule has 0 saturated heterocycles. The third-order valence-electron chi connectivity index (χ3n) is 10.7. The molecule has 13 heteroatoms. The number of para-hydroxylation sites is 1. The summed E-state index contributed by atoms with van der Waals surface area (Å²) in [5, 5.41) is 1.36. The van der Waals surface area contributed by atoms with Crippen LogP contribution >= 0.6 is 23.5 Å². The Morgan fingerprint density at radius 3 is 1.84 bits per heavy atom. The zero-order chi connectivity index (χ0) is 43.8. The highest BCUT2D eigenvalue weighted by Crippen LogP contribution is 2.44. The highest BCUT2D eigenvalue weighted by Gasteiger charge is 2.27. The van der Waals surface area contributed by atoms with Crippen LogP contribution in [0.25, 0.3) is 33.4 Å². The van der Waals surface area contributed by atoms with E-state index in [0.29, 0.717) is 56.3 Å². The molecule has 1 heterocycles. The Morgan fingerprint density at radius 2 is 1.21 bits per heavy atom. The molecule has 8 rings (SSSR count). The number of fused-ring (bicyclic) bond motifs is 2. The Morgan fingerprint density at radius 1 is 0.597 bits per heavy atom. The van der Waals surface area contributed by atoms with E-state index in [-0.39, 0.29) is 9.79 Å². The fourth-order valence-corrected chi connectivity index (χ4v) is 11.1. The van der Waals surface area contributed by atoms with E-state index in [9.17, 15) is 25.9 Å². The van der Waals surface area contributed by atoms with E-state index in [4.69, 9.17) is 4.42 Å². The smallest absolute Gasteiger partial charge is 0.295 e. The van der Waals surface area contributed by atoms with Crippen molar-refractivity contribution < 1.29 is 30.4 Å². The lowest BCUT2D eigenvalue weighted by Gasteiger charge is -2.28. The first-order chi connectivity index (χ1) is 29.7. The van der Waals surface area contributed by atoms with E-state index in [0.717, 1.165) is 43.3 Å². The van der Waals surface area contributed by atoms with Gasteiger partial charge >= 0.3 is 0 Å². The van der Waals surface area contributed by atoms with Crippen LogP contribution in [0.1, 0.15) is 22.3 Å². The number of aryl methyl sites for hydroxylation is 4. The molecule has 6 aromatic carbocycles. The van der Waals surface area contributed by atoms with Crippen molar-refractivity contribution in [3.05, 3.63) is 179 Å². The molecule has 0 radical (unpaired) electrons. The second-order valence-electron chi connectivity index (χ2n) is 15.0. The maximum Gasteiger partial charge on any atom is 0.295 e. The quantitative estimate of drug-likeness (QED) is 0.0402. The van der Waals surface area contributed by atoms with Gasteiger partial charge in [0.2, 0.25) is 11.0 Å². The van der Waals surface area contributed by atoms with Crippen LogP contribution in [0.4, 0.5) is 17.1 Å². The van der Waals surface area contributed by atoms with Crippen molar-refractivity contribution in [2.45, 2.75) is 47.3 Å². The van der Waals surface area contributed by atoms with E-state index in [1.807, 2.05) is 91.0 Å². The van der Waals surface area contributed by atoms with Crippen LogP contribution in [0.5, 0.6) is 0 Å². The first-order valence-corrected chi connectivity index (χ1v) is 24.5. The molecule has 0 aromatic heterocycles. The zero-order valence-electron chi connectivity index (χ0n) is 34.3. The molecule has 314 valence electrons. The monoisotopic (exact) mass is 899 g/mol. The summed E-state index contributed by atoms with van der Waals surface area (Å²) in [4.78, 5) is 3.97. The summed E-state index contributed by atoms with van der Waals surface area (Å²) in [6.45, 7) is 7.80. The maximum absolute atomic E-state index is 13.0. The lowest BCUT2D eigenvalue weighted by Crippen LogP contribution is -2.27. The maximum atomic E-state index is 13.0. The number of hydrogen-bond donors (Lipinski definition) is 2. The highest BCUT2D eigenvalue weighted by molar-refractivity contribution is 7.99. The first-order valence-electron chi connectivity index (χ1n) is 19.6. The van der Waals surface area contributed by atoms with Crippen LogP contribution < -0.4 is 14.8 Å². The molecule has 0 bridgehead atoms. The van der Waals surface area contributed by atoms with Gasteiger partial charge in [-0.3, -0.25) is 9.11 Å². The topological polar surface area (TPSA) is 128 Å². The first kappa shape index (κ1) is 43.0. The highest BCUT2D eigenvalue weighted by atomic mass is 32.2. The second kappa shape index (κ2) is 17.6. The predicted octanol–water partition coefficient (Wildman–Crippen LogP) is 11.7. The number of anilines is 2. The van der Waals surface area contributed by atoms with Gasteiger partial charge < -0.3 is 9.32 Å². The summed E-state index contributed by atoms with van der Waals surface area (Å²) < 4.78 is 79.8. The van der Waals surface area contributed by atoms with Gasteiger partial charge in [-0.2, -0.15) is 21.4 Å².